The smallest absolute Gasteiger partial charge is 0.317 e. The van der Waals surface area contributed by atoms with Gasteiger partial charge in [0.25, 0.3) is 0 Å². The van der Waals surface area contributed by atoms with Gasteiger partial charge >= 0.3 is 5.97 Å². The van der Waals surface area contributed by atoms with Gasteiger partial charge in [-0.05, 0) is 50.5 Å². The molecule has 0 saturated heterocycles. The van der Waals surface area contributed by atoms with Crippen LogP contribution in [0.1, 0.15) is 62.7 Å². The zero-order valence-electron chi connectivity index (χ0n) is 20.1. The minimum absolute atomic E-state index is 0.00191. The lowest BCUT2D eigenvalue weighted by Crippen LogP contribution is -2.29. The van der Waals surface area contributed by atoms with Crippen LogP contribution < -0.4 is 0 Å². The van der Waals surface area contributed by atoms with Crippen molar-refractivity contribution in [3.8, 4) is 6.07 Å². The highest BCUT2D eigenvalue weighted by Gasteiger charge is 2.32. The topological polar surface area (TPSA) is 67.9 Å². The third kappa shape index (κ3) is 5.40. The summed E-state index contributed by atoms with van der Waals surface area (Å²) in [7, 11) is 1.80. The highest BCUT2D eigenvalue weighted by molar-refractivity contribution is 7.98. The normalized spacial score (nSPS) is 12.9. The number of carbonyl (C=O) groups is 1. The van der Waals surface area contributed by atoms with Crippen LogP contribution in [0.4, 0.5) is 0 Å². The summed E-state index contributed by atoms with van der Waals surface area (Å²) in [6.45, 7) is 14.0. The second-order valence-electron chi connectivity index (χ2n) is 9.53. The standard InChI is InChI=1S/C25H33N3O2S/c1-16-17(2)27-28(8)21(16)22(30-23(29)25(6,7)15-31-9)20(14-26)18-10-12-19(13-11-18)24(3,4)5/h10-13H,15H2,1-9H3/b22-20-. The summed E-state index contributed by atoms with van der Waals surface area (Å²) in [6.07, 6.45) is 1.96. The molecule has 0 unspecified atom stereocenters. The number of rotatable bonds is 6. The molecule has 166 valence electrons. The van der Waals surface area contributed by atoms with Crippen LogP contribution >= 0.6 is 11.8 Å². The molecule has 0 saturated carbocycles. The SMILES string of the molecule is CSCC(C)(C)C(=O)O/C(=C(/C#N)c1ccc(C(C)(C)C)cc1)c1c(C)c(C)nn1C. The minimum atomic E-state index is -0.692. The average Bonchev–Trinajstić information content (AvgIpc) is 2.92. The van der Waals surface area contributed by atoms with Crippen molar-refractivity contribution in [1.82, 2.24) is 9.78 Å². The monoisotopic (exact) mass is 439 g/mol. The van der Waals surface area contributed by atoms with E-state index in [2.05, 4.69) is 31.9 Å². The second-order valence-corrected chi connectivity index (χ2v) is 10.4. The highest BCUT2D eigenvalue weighted by Crippen LogP contribution is 2.34. The third-order valence-electron chi connectivity index (χ3n) is 5.37. The van der Waals surface area contributed by atoms with Crippen molar-refractivity contribution in [3.05, 3.63) is 52.3 Å². The van der Waals surface area contributed by atoms with Crippen molar-refractivity contribution in [2.24, 2.45) is 12.5 Å². The Bertz CT molecular complexity index is 1030. The lowest BCUT2D eigenvalue weighted by molar-refractivity contribution is -0.145. The lowest BCUT2D eigenvalue weighted by atomic mass is 9.86. The van der Waals surface area contributed by atoms with Crippen molar-refractivity contribution in [2.75, 3.05) is 12.0 Å². The zero-order chi connectivity index (χ0) is 23.6. The van der Waals surface area contributed by atoms with Crippen LogP contribution in [0.3, 0.4) is 0 Å². The van der Waals surface area contributed by atoms with Crippen LogP contribution in [-0.2, 0) is 22.0 Å². The van der Waals surface area contributed by atoms with Crippen LogP contribution in [0.2, 0.25) is 0 Å². The molecule has 0 atom stereocenters. The number of hydrogen-bond donors (Lipinski definition) is 0. The van der Waals surface area contributed by atoms with Crippen molar-refractivity contribution < 1.29 is 9.53 Å². The van der Waals surface area contributed by atoms with E-state index in [1.165, 1.54) is 5.56 Å². The zero-order valence-corrected chi connectivity index (χ0v) is 20.9. The fourth-order valence-corrected chi connectivity index (χ4v) is 4.17. The predicted octanol–water partition coefficient (Wildman–Crippen LogP) is 5.66. The van der Waals surface area contributed by atoms with Crippen LogP contribution in [0.15, 0.2) is 24.3 Å². The van der Waals surface area contributed by atoms with Crippen LogP contribution in [0, 0.1) is 30.6 Å². The summed E-state index contributed by atoms with van der Waals surface area (Å²) >= 11 is 1.59. The van der Waals surface area contributed by atoms with E-state index in [1.807, 2.05) is 58.2 Å². The molecule has 0 amide bonds. The van der Waals surface area contributed by atoms with Gasteiger partial charge in [-0.3, -0.25) is 9.48 Å². The number of allylic oxidation sites excluding steroid dienone is 1. The van der Waals surface area contributed by atoms with Gasteiger partial charge in [0.05, 0.1) is 11.1 Å². The average molecular weight is 440 g/mol. The third-order valence-corrected chi connectivity index (χ3v) is 6.38. The first-order chi connectivity index (χ1) is 14.3. The molecule has 0 N–H and O–H groups in total. The number of ether oxygens (including phenoxy) is 1. The van der Waals surface area contributed by atoms with Gasteiger partial charge in [0.15, 0.2) is 5.76 Å². The van der Waals surface area contributed by atoms with Crippen LogP contribution in [0.5, 0.6) is 0 Å². The van der Waals surface area contributed by atoms with Gasteiger partial charge in [0.2, 0.25) is 0 Å². The van der Waals surface area contributed by atoms with E-state index >= 15 is 0 Å². The van der Waals surface area contributed by atoms with E-state index in [-0.39, 0.29) is 17.1 Å². The van der Waals surface area contributed by atoms with Gasteiger partial charge in [-0.2, -0.15) is 22.1 Å². The first kappa shape index (κ1) is 24.7. The second kappa shape index (κ2) is 9.32. The molecule has 1 heterocycles. The molecule has 1 aromatic heterocycles. The largest absolute Gasteiger partial charge is 0.422 e. The Hall–Kier alpha value is -2.52. The van der Waals surface area contributed by atoms with E-state index in [0.717, 1.165) is 11.3 Å². The molecule has 0 spiro atoms. The van der Waals surface area contributed by atoms with Gasteiger partial charge in [-0.1, -0.05) is 45.0 Å². The van der Waals surface area contributed by atoms with Crippen molar-refractivity contribution in [2.45, 2.75) is 53.9 Å². The molecule has 6 heteroatoms. The van der Waals surface area contributed by atoms with Crippen LogP contribution in [-0.4, -0.2) is 27.8 Å². The number of aryl methyl sites for hydroxylation is 2. The van der Waals surface area contributed by atoms with Gasteiger partial charge < -0.3 is 4.74 Å². The highest BCUT2D eigenvalue weighted by atomic mass is 32.2. The summed E-state index contributed by atoms with van der Waals surface area (Å²) in [5.74, 6) is 0.505. The predicted molar refractivity (Wildman–Crippen MR) is 129 cm³/mol. The molecule has 0 aliphatic heterocycles. The number of esters is 1. The summed E-state index contributed by atoms with van der Waals surface area (Å²) in [5.41, 5.74) is 3.86. The molecule has 31 heavy (non-hydrogen) atoms. The van der Waals surface area contributed by atoms with Crippen molar-refractivity contribution >= 4 is 29.1 Å². The first-order valence-electron chi connectivity index (χ1n) is 10.3. The Labute approximate surface area is 190 Å². The number of carbonyl (C=O) groups excluding carboxylic acids is 1. The van der Waals surface area contributed by atoms with E-state index < -0.39 is 5.41 Å². The fraction of sp³-hybridized carbons (Fsp3) is 0.480. The van der Waals surface area contributed by atoms with E-state index in [1.54, 1.807) is 23.5 Å². The Morgan fingerprint density at radius 3 is 2.16 bits per heavy atom. The number of nitriles is 1. The molecule has 0 radical (unpaired) electrons. The number of nitrogens with zero attached hydrogens (tertiary/aromatic N) is 3. The maximum atomic E-state index is 13.1. The quantitative estimate of drug-likeness (QED) is 0.330. The Morgan fingerprint density at radius 1 is 1.16 bits per heavy atom. The van der Waals surface area contributed by atoms with E-state index in [0.29, 0.717) is 22.6 Å². The number of benzene rings is 1. The molecule has 0 aliphatic rings. The maximum absolute atomic E-state index is 13.1. The molecule has 5 nitrogen and oxygen atoms in total. The molecule has 0 fully saturated rings. The maximum Gasteiger partial charge on any atom is 0.317 e. The van der Waals surface area contributed by atoms with Gasteiger partial charge in [-0.15, -0.1) is 0 Å². The first-order valence-corrected chi connectivity index (χ1v) is 11.7. The Morgan fingerprint density at radius 2 is 1.74 bits per heavy atom. The van der Waals surface area contributed by atoms with Crippen LogP contribution in [0.25, 0.3) is 11.3 Å². The number of hydrogen-bond acceptors (Lipinski definition) is 5. The molecular formula is C25H33N3O2S. The molecule has 2 aromatic rings. The van der Waals surface area contributed by atoms with E-state index in [4.69, 9.17) is 4.74 Å². The summed E-state index contributed by atoms with van der Waals surface area (Å²) in [4.78, 5) is 13.1. The van der Waals surface area contributed by atoms with Gasteiger partial charge in [0.1, 0.15) is 17.3 Å². The Balaban J connectivity index is 2.71. The molecule has 0 bridgehead atoms. The lowest BCUT2D eigenvalue weighted by Gasteiger charge is -2.23. The van der Waals surface area contributed by atoms with Gasteiger partial charge in [0, 0.05) is 18.4 Å². The minimum Gasteiger partial charge on any atom is -0.422 e. The molecular weight excluding hydrogens is 406 g/mol. The fourth-order valence-electron chi connectivity index (χ4n) is 3.33. The van der Waals surface area contributed by atoms with E-state index in [9.17, 15) is 10.1 Å². The summed E-state index contributed by atoms with van der Waals surface area (Å²) < 4.78 is 7.65. The van der Waals surface area contributed by atoms with Crippen molar-refractivity contribution in [3.63, 3.8) is 0 Å². The summed E-state index contributed by atoms with van der Waals surface area (Å²) in [6, 6.07) is 10.2. The number of thioether (sulfide) groups is 1. The van der Waals surface area contributed by atoms with Crippen molar-refractivity contribution in [1.29, 1.82) is 5.26 Å². The molecule has 2 rings (SSSR count). The number of aromatic nitrogens is 2. The summed E-state index contributed by atoms with van der Waals surface area (Å²) in [5, 5.41) is 14.6. The van der Waals surface area contributed by atoms with Gasteiger partial charge in [-0.25, -0.2) is 0 Å². The molecule has 0 aliphatic carbocycles. The molecule has 1 aromatic carbocycles. The Kier molecular flexibility index (Phi) is 7.44.